The molecule has 1 amide bonds. The van der Waals surface area contributed by atoms with Crippen molar-refractivity contribution in [1.82, 2.24) is 9.80 Å². The number of amides is 1. The van der Waals surface area contributed by atoms with E-state index in [1.165, 1.54) is 13.2 Å². The Kier molecular flexibility index (Phi) is 5.99. The Morgan fingerprint density at radius 2 is 1.91 bits per heavy atom. The summed E-state index contributed by atoms with van der Waals surface area (Å²) in [6.45, 7) is 4.23. The van der Waals surface area contributed by atoms with Crippen molar-refractivity contribution in [2.24, 2.45) is 11.3 Å². The fourth-order valence-corrected chi connectivity index (χ4v) is 5.83. The number of piperidine rings is 3. The molecular weight excluding hydrogens is 423 g/mol. The summed E-state index contributed by atoms with van der Waals surface area (Å²) in [6, 6.07) is 5.24. The van der Waals surface area contributed by atoms with Crippen molar-refractivity contribution in [3.8, 4) is 0 Å². The molecule has 0 N–H and O–H groups in total. The van der Waals surface area contributed by atoms with E-state index in [0.717, 1.165) is 50.0 Å². The summed E-state index contributed by atoms with van der Waals surface area (Å²) in [6.07, 6.45) is 8.98. The number of carbonyl (C=O) groups is 2. The minimum absolute atomic E-state index is 0.0591. The van der Waals surface area contributed by atoms with Gasteiger partial charge in [-0.1, -0.05) is 12.1 Å². The number of halogens is 1. The third kappa shape index (κ3) is 4.31. The minimum atomic E-state index is -0.378. The molecule has 176 valence electrons. The first kappa shape index (κ1) is 22.1. The molecule has 0 aromatic heterocycles. The number of nitrogens with zero attached hydrogens (tertiary/aromatic N) is 2. The minimum Gasteiger partial charge on any atom is -0.465 e. The van der Waals surface area contributed by atoms with E-state index in [2.05, 4.69) is 4.90 Å². The molecule has 3 saturated heterocycles. The Balaban J connectivity index is 1.38. The number of methoxy groups -OCH3 is 1. The molecule has 1 unspecified atom stereocenters. The molecule has 0 radical (unpaired) electrons. The van der Waals surface area contributed by atoms with Crippen LogP contribution >= 0.6 is 0 Å². The fourth-order valence-electron chi connectivity index (χ4n) is 5.83. The standard InChI is InChI=1S/C26H31FN2O4/c1-32-24(30)20-4-7-22-19(16-20)8-12-29(23(22)18-2-5-21(27)6-3-18)25(31)33-17-26-9-13-28(14-10-26)15-11-26/h2,4-7,16,18,23H,3,8-15,17H2,1H3/t18?,23-/m1/s1. The van der Waals surface area contributed by atoms with Crippen LogP contribution in [0.25, 0.3) is 0 Å². The van der Waals surface area contributed by atoms with E-state index in [1.54, 1.807) is 17.0 Å². The number of hydrogen-bond acceptors (Lipinski definition) is 5. The van der Waals surface area contributed by atoms with E-state index in [1.807, 2.05) is 18.2 Å². The van der Waals surface area contributed by atoms with Crippen LogP contribution in [0.4, 0.5) is 9.18 Å². The molecule has 4 heterocycles. The highest BCUT2D eigenvalue weighted by molar-refractivity contribution is 5.89. The normalized spacial score (nSPS) is 30.4. The van der Waals surface area contributed by atoms with Crippen LogP contribution in [0.3, 0.4) is 0 Å². The third-order valence-corrected chi connectivity index (χ3v) is 7.95. The zero-order valence-corrected chi connectivity index (χ0v) is 19.1. The quantitative estimate of drug-likeness (QED) is 0.630. The SMILES string of the molecule is COC(=O)c1ccc2c(c1)CCN(C(=O)OCC13CCN(CC1)CC3)[C@@H]2C1C=CC(F)=CC1. The Hall–Kier alpha value is -2.67. The number of benzene rings is 1. The van der Waals surface area contributed by atoms with E-state index in [0.29, 0.717) is 31.6 Å². The summed E-state index contributed by atoms with van der Waals surface area (Å²) in [7, 11) is 1.37. The van der Waals surface area contributed by atoms with Crippen LogP contribution in [0.5, 0.6) is 0 Å². The monoisotopic (exact) mass is 454 g/mol. The van der Waals surface area contributed by atoms with Crippen molar-refractivity contribution >= 4 is 12.1 Å². The van der Waals surface area contributed by atoms with Gasteiger partial charge < -0.3 is 19.3 Å². The number of esters is 1. The molecule has 5 aliphatic rings. The number of ether oxygens (including phenoxy) is 2. The second-order valence-electron chi connectivity index (χ2n) is 9.79. The lowest BCUT2D eigenvalue weighted by atomic mass is 9.73. The predicted molar refractivity (Wildman–Crippen MR) is 121 cm³/mol. The van der Waals surface area contributed by atoms with Crippen LogP contribution in [0.1, 0.15) is 53.2 Å². The summed E-state index contributed by atoms with van der Waals surface area (Å²) < 4.78 is 24.5. The molecule has 6 nitrogen and oxygen atoms in total. The van der Waals surface area contributed by atoms with Crippen molar-refractivity contribution in [2.75, 3.05) is 39.9 Å². The van der Waals surface area contributed by atoms with Crippen LogP contribution < -0.4 is 0 Å². The van der Waals surface area contributed by atoms with Gasteiger partial charge in [0.2, 0.25) is 0 Å². The first-order valence-electron chi connectivity index (χ1n) is 11.9. The summed E-state index contributed by atoms with van der Waals surface area (Å²) >= 11 is 0. The van der Waals surface area contributed by atoms with Gasteiger partial charge in [0.1, 0.15) is 5.83 Å². The van der Waals surface area contributed by atoms with Gasteiger partial charge in [0, 0.05) is 17.9 Å². The lowest BCUT2D eigenvalue weighted by Gasteiger charge is -2.48. The van der Waals surface area contributed by atoms with Crippen molar-refractivity contribution in [3.05, 3.63) is 58.9 Å². The average Bonchev–Trinajstić information content (AvgIpc) is 2.87. The molecule has 7 heteroatoms. The van der Waals surface area contributed by atoms with Gasteiger partial charge >= 0.3 is 12.1 Å². The summed E-state index contributed by atoms with van der Waals surface area (Å²) in [5.74, 6) is -0.687. The van der Waals surface area contributed by atoms with E-state index in [4.69, 9.17) is 9.47 Å². The number of hydrogen-bond donors (Lipinski definition) is 0. The van der Waals surface area contributed by atoms with Crippen LogP contribution in [0.2, 0.25) is 0 Å². The van der Waals surface area contributed by atoms with Crippen LogP contribution in [-0.4, -0.2) is 61.8 Å². The summed E-state index contributed by atoms with van der Waals surface area (Å²) in [5.41, 5.74) is 2.62. The topological polar surface area (TPSA) is 59.1 Å². The van der Waals surface area contributed by atoms with Crippen molar-refractivity contribution in [1.29, 1.82) is 0 Å². The maximum Gasteiger partial charge on any atom is 0.410 e. The predicted octanol–water partition coefficient (Wildman–Crippen LogP) is 4.42. The lowest BCUT2D eigenvalue weighted by Crippen LogP contribution is -2.51. The molecule has 6 rings (SSSR count). The summed E-state index contributed by atoms with van der Waals surface area (Å²) in [4.78, 5) is 29.7. The lowest BCUT2D eigenvalue weighted by molar-refractivity contribution is -0.0322. The first-order chi connectivity index (χ1) is 16.0. The third-order valence-electron chi connectivity index (χ3n) is 7.95. The van der Waals surface area contributed by atoms with E-state index < -0.39 is 0 Å². The highest BCUT2D eigenvalue weighted by Gasteiger charge is 2.42. The number of fused-ring (bicyclic) bond motifs is 4. The van der Waals surface area contributed by atoms with Gasteiger partial charge in [0.15, 0.2) is 0 Å². The summed E-state index contributed by atoms with van der Waals surface area (Å²) in [5, 5.41) is 0. The number of carbonyl (C=O) groups excluding carboxylic acids is 2. The Morgan fingerprint density at radius 1 is 1.15 bits per heavy atom. The van der Waals surface area contributed by atoms with Crippen molar-refractivity contribution in [2.45, 2.75) is 38.1 Å². The van der Waals surface area contributed by atoms with Crippen molar-refractivity contribution < 1.29 is 23.5 Å². The second kappa shape index (κ2) is 8.93. The van der Waals surface area contributed by atoms with Gasteiger partial charge in [-0.2, -0.15) is 0 Å². The largest absolute Gasteiger partial charge is 0.465 e. The highest BCUT2D eigenvalue weighted by atomic mass is 19.1. The molecule has 1 aromatic rings. The molecule has 4 aliphatic heterocycles. The van der Waals surface area contributed by atoms with Gasteiger partial charge in [-0.3, -0.25) is 0 Å². The number of allylic oxidation sites excluding steroid dienone is 3. The molecule has 0 saturated carbocycles. The second-order valence-corrected chi connectivity index (χ2v) is 9.79. The van der Waals surface area contributed by atoms with Crippen LogP contribution in [-0.2, 0) is 15.9 Å². The van der Waals surface area contributed by atoms with Crippen LogP contribution in [0.15, 0.2) is 42.3 Å². The molecule has 33 heavy (non-hydrogen) atoms. The first-order valence-corrected chi connectivity index (χ1v) is 11.9. The molecule has 2 atom stereocenters. The molecule has 3 fully saturated rings. The van der Waals surface area contributed by atoms with Crippen LogP contribution in [0, 0.1) is 11.3 Å². The average molecular weight is 455 g/mol. The molecule has 1 aromatic carbocycles. The zero-order chi connectivity index (χ0) is 23.0. The Labute approximate surface area is 194 Å². The molecule has 1 aliphatic carbocycles. The van der Waals surface area contributed by atoms with Gasteiger partial charge in [-0.15, -0.1) is 0 Å². The maximum atomic E-state index is 13.7. The fraction of sp³-hybridized carbons (Fsp3) is 0.538. The smallest absolute Gasteiger partial charge is 0.410 e. The van der Waals surface area contributed by atoms with Crippen molar-refractivity contribution in [3.63, 3.8) is 0 Å². The van der Waals surface area contributed by atoms with Gasteiger partial charge in [-0.25, -0.2) is 14.0 Å². The van der Waals surface area contributed by atoms with E-state index in [9.17, 15) is 14.0 Å². The number of rotatable bonds is 4. The van der Waals surface area contributed by atoms with Gasteiger partial charge in [0.25, 0.3) is 0 Å². The maximum absolute atomic E-state index is 13.7. The Morgan fingerprint density at radius 3 is 2.58 bits per heavy atom. The van der Waals surface area contributed by atoms with E-state index >= 15 is 0 Å². The van der Waals surface area contributed by atoms with Gasteiger partial charge in [0.05, 0.1) is 25.3 Å². The van der Waals surface area contributed by atoms with E-state index in [-0.39, 0.29) is 35.3 Å². The molecular formula is C26H31FN2O4. The zero-order valence-electron chi connectivity index (χ0n) is 19.1. The highest BCUT2D eigenvalue weighted by Crippen LogP contribution is 2.42. The Bertz CT molecular complexity index is 982. The molecule has 0 spiro atoms. The molecule has 2 bridgehead atoms. The van der Waals surface area contributed by atoms with Gasteiger partial charge in [-0.05, 0) is 87.2 Å².